The van der Waals surface area contributed by atoms with Crippen LogP contribution in [-0.2, 0) is 10.0 Å². The number of nitrogens with one attached hydrogen (secondary N) is 1. The van der Waals surface area contributed by atoms with Gasteiger partial charge in [-0.3, -0.25) is 0 Å². The van der Waals surface area contributed by atoms with E-state index in [-0.39, 0.29) is 27.2 Å². The lowest BCUT2D eigenvalue weighted by Crippen LogP contribution is -2.18. The summed E-state index contributed by atoms with van der Waals surface area (Å²) >= 11 is 5.77. The Balaban J connectivity index is 2.23. The van der Waals surface area contributed by atoms with Gasteiger partial charge in [0.05, 0.1) is 4.90 Å². The predicted molar refractivity (Wildman–Crippen MR) is 79.1 cm³/mol. The number of hydrogen-bond donors (Lipinski definition) is 2. The molecule has 0 bridgehead atoms. The van der Waals surface area contributed by atoms with Crippen LogP contribution in [-0.4, -0.2) is 31.4 Å². The van der Waals surface area contributed by atoms with Crippen molar-refractivity contribution in [1.29, 1.82) is 0 Å². The van der Waals surface area contributed by atoms with E-state index in [0.717, 1.165) is 6.33 Å². The molecule has 1 heterocycles. The third kappa shape index (κ3) is 3.32. The molecule has 0 spiro atoms. The fourth-order valence-electron chi connectivity index (χ4n) is 1.53. The molecule has 0 unspecified atom stereocenters. The van der Waals surface area contributed by atoms with Crippen LogP contribution < -0.4 is 15.2 Å². The van der Waals surface area contributed by atoms with E-state index in [4.69, 9.17) is 22.1 Å². The molecule has 0 saturated carbocycles. The Hall–Kier alpha value is -2.23. The number of anilines is 1. The Kier molecular flexibility index (Phi) is 4.59. The van der Waals surface area contributed by atoms with Crippen molar-refractivity contribution in [3.05, 3.63) is 41.3 Å². The maximum absolute atomic E-state index is 12.0. The molecule has 1 aromatic carbocycles. The number of nitrogens with two attached hydrogens (primary N) is 1. The Morgan fingerprint density at radius 2 is 1.91 bits per heavy atom. The molecule has 0 atom stereocenters. The molecule has 0 aliphatic carbocycles. The summed E-state index contributed by atoms with van der Waals surface area (Å²) in [6.45, 7) is 0. The van der Waals surface area contributed by atoms with Crippen molar-refractivity contribution in [3.63, 3.8) is 0 Å². The Bertz CT molecular complexity index is 788. The molecule has 22 heavy (non-hydrogen) atoms. The van der Waals surface area contributed by atoms with Gasteiger partial charge in [-0.2, -0.15) is 0 Å². The number of esters is 1. The van der Waals surface area contributed by atoms with Crippen molar-refractivity contribution in [2.45, 2.75) is 4.90 Å². The summed E-state index contributed by atoms with van der Waals surface area (Å²) in [6, 6.07) is 5.24. The number of carbonyl (C=O) groups is 1. The lowest BCUT2D eigenvalue weighted by atomic mass is 10.3. The highest BCUT2D eigenvalue weighted by Crippen LogP contribution is 2.21. The van der Waals surface area contributed by atoms with E-state index in [1.54, 1.807) is 0 Å². The minimum absolute atomic E-state index is 0.0374. The number of aromatic nitrogens is 2. The third-order valence-corrected chi connectivity index (χ3v) is 4.36. The van der Waals surface area contributed by atoms with E-state index in [1.807, 2.05) is 0 Å². The normalized spacial score (nSPS) is 11.2. The molecule has 0 aliphatic rings. The molecule has 0 fully saturated rings. The molecular weight excluding hydrogens is 332 g/mol. The zero-order valence-corrected chi connectivity index (χ0v) is 12.9. The number of benzene rings is 1. The summed E-state index contributed by atoms with van der Waals surface area (Å²) in [5.74, 6) is -0.828. The van der Waals surface area contributed by atoms with Crippen LogP contribution >= 0.6 is 11.6 Å². The number of halogens is 1. The van der Waals surface area contributed by atoms with Crippen LogP contribution in [0.4, 0.5) is 5.82 Å². The monoisotopic (exact) mass is 342 g/mol. The van der Waals surface area contributed by atoms with Gasteiger partial charge in [-0.1, -0.05) is 11.6 Å². The number of hydrogen-bond acceptors (Lipinski definition) is 7. The molecule has 3 N–H and O–H groups in total. The van der Waals surface area contributed by atoms with Crippen LogP contribution in [0.3, 0.4) is 0 Å². The minimum atomic E-state index is -3.56. The van der Waals surface area contributed by atoms with Gasteiger partial charge in [-0.25, -0.2) is 27.9 Å². The van der Waals surface area contributed by atoms with Crippen LogP contribution in [0.25, 0.3) is 0 Å². The topological polar surface area (TPSA) is 124 Å². The second-order valence-electron chi connectivity index (χ2n) is 3.99. The fraction of sp³-hybridized carbons (Fsp3) is 0.0833. The first kappa shape index (κ1) is 16.1. The van der Waals surface area contributed by atoms with Crippen molar-refractivity contribution >= 4 is 33.4 Å². The smallest absolute Gasteiger partial charge is 0.350 e. The molecule has 2 rings (SSSR count). The molecule has 116 valence electrons. The van der Waals surface area contributed by atoms with E-state index in [0.29, 0.717) is 0 Å². The molecule has 10 heteroatoms. The zero-order chi connectivity index (χ0) is 16.3. The van der Waals surface area contributed by atoms with Crippen molar-refractivity contribution in [3.8, 4) is 5.75 Å². The molecule has 2 aromatic rings. The molecule has 1 aromatic heterocycles. The van der Waals surface area contributed by atoms with Crippen molar-refractivity contribution in [2.75, 3.05) is 12.8 Å². The van der Waals surface area contributed by atoms with Crippen LogP contribution in [0.1, 0.15) is 10.4 Å². The van der Waals surface area contributed by atoms with Crippen LogP contribution in [0.5, 0.6) is 5.75 Å². The minimum Gasteiger partial charge on any atom is -0.423 e. The highest BCUT2D eigenvalue weighted by Gasteiger charge is 2.19. The first-order valence-electron chi connectivity index (χ1n) is 5.87. The van der Waals surface area contributed by atoms with Gasteiger partial charge >= 0.3 is 5.97 Å². The summed E-state index contributed by atoms with van der Waals surface area (Å²) in [5.41, 5.74) is 5.39. The number of nitrogens with zero attached hydrogens (tertiary/aromatic N) is 2. The molecule has 0 radical (unpaired) electrons. The lowest BCUT2D eigenvalue weighted by molar-refractivity contribution is 0.0735. The van der Waals surface area contributed by atoms with E-state index in [9.17, 15) is 13.2 Å². The van der Waals surface area contributed by atoms with Crippen LogP contribution in [0.2, 0.25) is 5.15 Å². The van der Waals surface area contributed by atoms with Gasteiger partial charge in [0.15, 0.2) is 0 Å². The highest BCUT2D eigenvalue weighted by atomic mass is 35.5. The summed E-state index contributed by atoms with van der Waals surface area (Å²) in [5, 5.41) is -0.133. The highest BCUT2D eigenvalue weighted by molar-refractivity contribution is 7.89. The van der Waals surface area contributed by atoms with Crippen molar-refractivity contribution in [2.24, 2.45) is 0 Å². The molecule has 0 amide bonds. The molecule has 0 saturated heterocycles. The first-order chi connectivity index (χ1) is 10.3. The number of sulfonamides is 1. The van der Waals surface area contributed by atoms with Crippen LogP contribution in [0, 0.1) is 0 Å². The fourth-order valence-corrected chi connectivity index (χ4v) is 2.48. The third-order valence-electron chi connectivity index (χ3n) is 2.65. The Labute approximate surface area is 131 Å². The number of nitrogen functional groups attached to an aromatic ring is 1. The van der Waals surface area contributed by atoms with E-state index < -0.39 is 16.0 Å². The van der Waals surface area contributed by atoms with Gasteiger partial charge in [0, 0.05) is 0 Å². The zero-order valence-electron chi connectivity index (χ0n) is 11.3. The van der Waals surface area contributed by atoms with Gasteiger partial charge < -0.3 is 10.5 Å². The summed E-state index contributed by atoms with van der Waals surface area (Å²) in [6.07, 6.45) is 1.12. The molecular formula is C12H11ClN4O4S. The van der Waals surface area contributed by atoms with E-state index in [1.165, 1.54) is 31.3 Å². The van der Waals surface area contributed by atoms with Crippen LogP contribution in [0.15, 0.2) is 35.5 Å². The van der Waals surface area contributed by atoms with Crippen molar-refractivity contribution < 1.29 is 17.9 Å². The first-order valence-corrected chi connectivity index (χ1v) is 7.73. The molecule has 0 aliphatic heterocycles. The average molecular weight is 343 g/mol. The largest absolute Gasteiger partial charge is 0.423 e. The van der Waals surface area contributed by atoms with Gasteiger partial charge in [0.25, 0.3) is 0 Å². The van der Waals surface area contributed by atoms with Gasteiger partial charge in [-0.05, 0) is 31.3 Å². The lowest BCUT2D eigenvalue weighted by Gasteiger charge is -2.07. The quantitative estimate of drug-likeness (QED) is 0.479. The second kappa shape index (κ2) is 6.26. The van der Waals surface area contributed by atoms with Gasteiger partial charge in [-0.15, -0.1) is 0 Å². The summed E-state index contributed by atoms with van der Waals surface area (Å²) in [4.78, 5) is 19.3. The Morgan fingerprint density at radius 1 is 1.27 bits per heavy atom. The molecule has 8 nitrogen and oxygen atoms in total. The predicted octanol–water partition coefficient (Wildman–Crippen LogP) is 0.840. The SMILES string of the molecule is CNS(=O)(=O)c1ccc(OC(=O)c2c(N)ncnc2Cl)cc1. The summed E-state index contributed by atoms with van der Waals surface area (Å²) in [7, 11) is -2.27. The van der Waals surface area contributed by atoms with E-state index >= 15 is 0 Å². The average Bonchev–Trinajstić information content (AvgIpc) is 2.47. The van der Waals surface area contributed by atoms with Gasteiger partial charge in [0.1, 0.15) is 28.6 Å². The number of carbonyl (C=O) groups excluding carboxylic acids is 1. The van der Waals surface area contributed by atoms with Crippen molar-refractivity contribution in [1.82, 2.24) is 14.7 Å². The number of ether oxygens (including phenoxy) is 1. The maximum atomic E-state index is 12.0. The van der Waals surface area contributed by atoms with E-state index in [2.05, 4.69) is 14.7 Å². The number of rotatable bonds is 4. The summed E-state index contributed by atoms with van der Waals surface area (Å²) < 4.78 is 30.4. The second-order valence-corrected chi connectivity index (χ2v) is 6.24. The Morgan fingerprint density at radius 3 is 2.45 bits per heavy atom. The maximum Gasteiger partial charge on any atom is 0.350 e. The standard InChI is InChI=1S/C12H11ClN4O4S/c1-15-22(19,20)8-4-2-7(3-5-8)21-12(18)9-10(13)16-6-17-11(9)14/h2-6,15H,1H3,(H2,14,16,17). The van der Waals surface area contributed by atoms with Gasteiger partial charge in [0.2, 0.25) is 10.0 Å².